The first-order chi connectivity index (χ1) is 14.5. The average molecular weight is 435 g/mol. The van der Waals surface area contributed by atoms with Crippen molar-refractivity contribution < 1.29 is 23.1 Å². The number of benzene rings is 1. The molecule has 11 heteroatoms. The van der Waals surface area contributed by atoms with Crippen molar-refractivity contribution in [2.45, 2.75) is 26.5 Å². The maximum Gasteiger partial charge on any atom is 0.356 e. The molecule has 0 aliphatic rings. The third-order valence-corrected chi connectivity index (χ3v) is 5.73. The van der Waals surface area contributed by atoms with Crippen molar-refractivity contribution in [2.75, 3.05) is 32.4 Å². The molecule has 162 valence electrons. The van der Waals surface area contributed by atoms with Gasteiger partial charge < -0.3 is 28.8 Å². The molecule has 2 aromatic heterocycles. The van der Waals surface area contributed by atoms with Gasteiger partial charge in [0.2, 0.25) is 11.8 Å². The second-order valence-corrected chi connectivity index (χ2v) is 8.44. The van der Waals surface area contributed by atoms with Gasteiger partial charge >= 0.3 is 7.60 Å². The Hall–Kier alpha value is -2.52. The highest BCUT2D eigenvalue weighted by Crippen LogP contribution is 2.49. The van der Waals surface area contributed by atoms with Gasteiger partial charge in [0.15, 0.2) is 11.2 Å². The SMILES string of the molecule is CCCOP(=O)(COCCn1cnc2c(OC)nc(N)nc21)OCc1ccccc1. The lowest BCUT2D eigenvalue weighted by Gasteiger charge is -2.18. The number of hydrogen-bond donors (Lipinski definition) is 1. The van der Waals surface area contributed by atoms with E-state index in [0.29, 0.717) is 30.2 Å². The minimum Gasteiger partial charge on any atom is -0.479 e. The summed E-state index contributed by atoms with van der Waals surface area (Å²) in [6.07, 6.45) is 2.18. The molecule has 3 aromatic rings. The molecule has 1 aromatic carbocycles. The Morgan fingerprint density at radius 1 is 1.13 bits per heavy atom. The Morgan fingerprint density at radius 2 is 1.93 bits per heavy atom. The molecule has 10 nitrogen and oxygen atoms in total. The number of nitrogen functional groups attached to an aromatic ring is 1. The molecular weight excluding hydrogens is 409 g/mol. The van der Waals surface area contributed by atoms with E-state index in [0.717, 1.165) is 12.0 Å². The lowest BCUT2D eigenvalue weighted by atomic mass is 10.2. The number of nitrogens with two attached hydrogens (primary N) is 1. The van der Waals surface area contributed by atoms with Gasteiger partial charge in [-0.05, 0) is 12.0 Å². The predicted molar refractivity (Wildman–Crippen MR) is 112 cm³/mol. The highest BCUT2D eigenvalue weighted by Gasteiger charge is 2.25. The van der Waals surface area contributed by atoms with E-state index in [2.05, 4.69) is 15.0 Å². The standard InChI is InChI=1S/C19H26N5O5P/c1-3-10-28-30(25,29-12-15-7-5-4-6-8-15)14-27-11-9-24-13-21-16-17(24)22-19(20)23-18(16)26-2/h4-8,13H,3,9-12,14H2,1-2H3,(H2,20,22,23). The largest absolute Gasteiger partial charge is 0.479 e. The Balaban J connectivity index is 1.58. The lowest BCUT2D eigenvalue weighted by molar-refractivity contribution is 0.120. The van der Waals surface area contributed by atoms with Crippen molar-refractivity contribution >= 4 is 24.7 Å². The fourth-order valence-electron chi connectivity index (χ4n) is 2.67. The van der Waals surface area contributed by atoms with Crippen LogP contribution in [0.4, 0.5) is 5.95 Å². The maximum absolute atomic E-state index is 13.0. The normalized spacial score (nSPS) is 13.4. The Morgan fingerprint density at radius 3 is 2.67 bits per heavy atom. The number of rotatable bonds is 12. The second kappa shape index (κ2) is 10.5. The van der Waals surface area contributed by atoms with Crippen molar-refractivity contribution in [3.63, 3.8) is 0 Å². The molecule has 0 aliphatic heterocycles. The van der Waals surface area contributed by atoms with Crippen LogP contribution in [0.1, 0.15) is 18.9 Å². The van der Waals surface area contributed by atoms with Crippen LogP contribution in [-0.2, 0) is 31.5 Å². The Bertz CT molecular complexity index is 998. The molecule has 1 unspecified atom stereocenters. The van der Waals surface area contributed by atoms with Crippen molar-refractivity contribution in [1.29, 1.82) is 0 Å². The molecule has 30 heavy (non-hydrogen) atoms. The van der Waals surface area contributed by atoms with E-state index in [9.17, 15) is 4.57 Å². The van der Waals surface area contributed by atoms with Gasteiger partial charge in [0, 0.05) is 6.54 Å². The number of anilines is 1. The summed E-state index contributed by atoms with van der Waals surface area (Å²) in [4.78, 5) is 12.5. The first kappa shape index (κ1) is 22.2. The molecule has 0 amide bonds. The zero-order valence-electron chi connectivity index (χ0n) is 17.1. The number of ether oxygens (including phenoxy) is 2. The smallest absolute Gasteiger partial charge is 0.356 e. The zero-order chi connectivity index (χ0) is 21.4. The molecule has 0 bridgehead atoms. The van der Waals surface area contributed by atoms with Crippen LogP contribution in [0.15, 0.2) is 36.7 Å². The van der Waals surface area contributed by atoms with E-state index < -0.39 is 7.60 Å². The van der Waals surface area contributed by atoms with Crippen LogP contribution in [0.2, 0.25) is 0 Å². The highest BCUT2D eigenvalue weighted by molar-refractivity contribution is 7.53. The summed E-state index contributed by atoms with van der Waals surface area (Å²) < 4.78 is 36.7. The summed E-state index contributed by atoms with van der Waals surface area (Å²) in [5.74, 6) is 0.401. The number of fused-ring (bicyclic) bond motifs is 1. The van der Waals surface area contributed by atoms with Gasteiger partial charge in [-0.1, -0.05) is 37.3 Å². The van der Waals surface area contributed by atoms with E-state index in [-0.39, 0.29) is 25.5 Å². The van der Waals surface area contributed by atoms with Crippen LogP contribution in [0, 0.1) is 0 Å². The van der Waals surface area contributed by atoms with E-state index in [1.165, 1.54) is 7.11 Å². The fraction of sp³-hybridized carbons (Fsp3) is 0.421. The number of aromatic nitrogens is 4. The van der Waals surface area contributed by atoms with E-state index >= 15 is 0 Å². The first-order valence-corrected chi connectivity index (χ1v) is 11.3. The van der Waals surface area contributed by atoms with Gasteiger partial charge in [-0.15, -0.1) is 0 Å². The van der Waals surface area contributed by atoms with Crippen molar-refractivity contribution in [2.24, 2.45) is 0 Å². The molecular formula is C19H26N5O5P. The maximum atomic E-state index is 13.0. The molecule has 0 aliphatic carbocycles. The highest BCUT2D eigenvalue weighted by atomic mass is 31.2. The summed E-state index contributed by atoms with van der Waals surface area (Å²) in [7, 11) is -1.90. The summed E-state index contributed by atoms with van der Waals surface area (Å²) in [5, 5.41) is 0. The lowest BCUT2D eigenvalue weighted by Crippen LogP contribution is -2.10. The van der Waals surface area contributed by atoms with Crippen molar-refractivity contribution in [3.8, 4) is 5.88 Å². The van der Waals surface area contributed by atoms with Crippen LogP contribution >= 0.6 is 7.60 Å². The third-order valence-electron chi connectivity index (χ3n) is 4.13. The number of hydrogen-bond acceptors (Lipinski definition) is 9. The number of nitrogens with zero attached hydrogens (tertiary/aromatic N) is 4. The van der Waals surface area contributed by atoms with E-state index in [1.54, 1.807) is 10.9 Å². The minimum atomic E-state index is -3.39. The fourth-order valence-corrected chi connectivity index (χ4v) is 4.05. The zero-order valence-corrected chi connectivity index (χ0v) is 18.0. The average Bonchev–Trinajstić information content (AvgIpc) is 3.17. The quantitative estimate of drug-likeness (QED) is 0.337. The molecule has 0 saturated carbocycles. The predicted octanol–water partition coefficient (Wildman–Crippen LogP) is 3.23. The molecule has 3 rings (SSSR count). The van der Waals surface area contributed by atoms with Crippen molar-refractivity contribution in [3.05, 3.63) is 42.2 Å². The van der Waals surface area contributed by atoms with Crippen LogP contribution in [0.3, 0.4) is 0 Å². The third kappa shape index (κ3) is 5.76. The molecule has 2 heterocycles. The van der Waals surface area contributed by atoms with Gasteiger partial charge in [-0.25, -0.2) is 4.98 Å². The topological polar surface area (TPSA) is 124 Å². The minimum absolute atomic E-state index is 0.0915. The molecule has 0 spiro atoms. The van der Waals surface area contributed by atoms with Gasteiger partial charge in [-0.2, -0.15) is 9.97 Å². The number of imidazole rings is 1. The van der Waals surface area contributed by atoms with Gasteiger partial charge in [0.05, 0.1) is 33.3 Å². The summed E-state index contributed by atoms with van der Waals surface area (Å²) in [6, 6.07) is 9.50. The summed E-state index contributed by atoms with van der Waals surface area (Å²) in [5.41, 5.74) is 7.68. The van der Waals surface area contributed by atoms with Crippen LogP contribution in [-0.4, -0.2) is 46.2 Å². The van der Waals surface area contributed by atoms with Gasteiger partial charge in [0.25, 0.3) is 0 Å². The second-order valence-electron chi connectivity index (χ2n) is 6.44. The van der Waals surface area contributed by atoms with Crippen LogP contribution in [0.5, 0.6) is 5.88 Å². The molecule has 1 atom stereocenters. The van der Waals surface area contributed by atoms with Crippen LogP contribution < -0.4 is 10.5 Å². The molecule has 0 saturated heterocycles. The van der Waals surface area contributed by atoms with Crippen LogP contribution in [0.25, 0.3) is 11.2 Å². The van der Waals surface area contributed by atoms with Crippen molar-refractivity contribution in [1.82, 2.24) is 19.5 Å². The first-order valence-electron chi connectivity index (χ1n) is 9.57. The van der Waals surface area contributed by atoms with E-state index in [4.69, 9.17) is 24.3 Å². The van der Waals surface area contributed by atoms with Gasteiger partial charge in [-0.3, -0.25) is 4.57 Å². The Labute approximate surface area is 174 Å². The summed E-state index contributed by atoms with van der Waals surface area (Å²) >= 11 is 0. The van der Waals surface area contributed by atoms with Gasteiger partial charge in [0.1, 0.15) is 6.35 Å². The monoisotopic (exact) mass is 435 g/mol. The van der Waals surface area contributed by atoms with E-state index in [1.807, 2.05) is 37.3 Å². The molecule has 0 fully saturated rings. The molecule has 2 N–H and O–H groups in total. The Kier molecular flexibility index (Phi) is 7.75. The number of methoxy groups -OCH3 is 1. The molecule has 0 radical (unpaired) electrons. The summed E-state index contributed by atoms with van der Waals surface area (Å²) in [6.45, 7) is 3.13.